The second kappa shape index (κ2) is 6.70. The van der Waals surface area contributed by atoms with Gasteiger partial charge in [0.15, 0.2) is 16.6 Å². The van der Waals surface area contributed by atoms with Gasteiger partial charge in [0.2, 0.25) is 0 Å². The third-order valence-electron chi connectivity index (χ3n) is 3.55. The van der Waals surface area contributed by atoms with Gasteiger partial charge in [-0.15, -0.1) is 0 Å². The van der Waals surface area contributed by atoms with E-state index in [1.54, 1.807) is 0 Å². The molecule has 1 aromatic carbocycles. The van der Waals surface area contributed by atoms with E-state index in [4.69, 9.17) is 4.42 Å². The summed E-state index contributed by atoms with van der Waals surface area (Å²) in [6.45, 7) is 1.94. The number of aromatic amines is 1. The van der Waals surface area contributed by atoms with Crippen LogP contribution in [0.15, 0.2) is 38.4 Å². The Morgan fingerprint density at radius 3 is 2.61 bits per heavy atom. The number of nitrogens with one attached hydrogen (secondary N) is 1. The molecule has 0 amide bonds. The van der Waals surface area contributed by atoms with Crippen LogP contribution in [0.1, 0.15) is 29.5 Å². The van der Waals surface area contributed by atoms with Gasteiger partial charge >= 0.3 is 29.6 Å². The minimum atomic E-state index is -1.55. The molecule has 0 spiro atoms. The number of fused-ring (bicyclic) bond motifs is 2. The predicted molar refractivity (Wildman–Crippen MR) is 78.9 cm³/mol. The summed E-state index contributed by atoms with van der Waals surface area (Å²) in [7, 11) is 0. The number of aromatic nitrogens is 1. The zero-order valence-corrected chi connectivity index (χ0v) is 14.8. The Kier molecular flexibility index (Phi) is 5.09. The molecule has 3 aromatic rings. The van der Waals surface area contributed by atoms with E-state index in [1.165, 1.54) is 18.3 Å². The number of aryl methyl sites for hydroxylation is 1. The van der Waals surface area contributed by atoms with Gasteiger partial charge < -0.3 is 19.3 Å². The number of carbonyl (C=O) groups is 1. The number of carboxylic acids is 1. The van der Waals surface area contributed by atoms with Gasteiger partial charge in [0.05, 0.1) is 10.9 Å². The Bertz CT molecular complexity index is 1020. The summed E-state index contributed by atoms with van der Waals surface area (Å²) >= 11 is 0. The van der Waals surface area contributed by atoms with Crippen molar-refractivity contribution in [2.75, 3.05) is 0 Å². The van der Waals surface area contributed by atoms with E-state index in [2.05, 4.69) is 4.98 Å². The molecular weight excluding hydrogens is 309 g/mol. The average molecular weight is 321 g/mol. The van der Waals surface area contributed by atoms with Gasteiger partial charge in [0, 0.05) is 29.3 Å². The molecule has 0 bridgehead atoms. The molecule has 23 heavy (non-hydrogen) atoms. The van der Waals surface area contributed by atoms with Crippen molar-refractivity contribution in [3.63, 3.8) is 0 Å². The van der Waals surface area contributed by atoms with E-state index in [-0.39, 0.29) is 46.0 Å². The maximum atomic E-state index is 12.2. The topological polar surface area (TPSA) is 103 Å². The Balaban J connectivity index is 0.00000192. The molecule has 2 aromatic heterocycles. The van der Waals surface area contributed by atoms with Crippen molar-refractivity contribution in [1.82, 2.24) is 4.98 Å². The van der Waals surface area contributed by atoms with Gasteiger partial charge in [-0.2, -0.15) is 0 Å². The molecule has 1 N–H and O–H groups in total. The monoisotopic (exact) mass is 321 g/mol. The molecule has 0 fully saturated rings. The van der Waals surface area contributed by atoms with Crippen LogP contribution < -0.4 is 45.5 Å². The van der Waals surface area contributed by atoms with Crippen LogP contribution in [0.2, 0.25) is 0 Å². The van der Waals surface area contributed by atoms with Gasteiger partial charge in [0.1, 0.15) is 11.6 Å². The van der Waals surface area contributed by atoms with Gasteiger partial charge in [-0.1, -0.05) is 13.3 Å². The molecule has 0 aliphatic carbocycles. The molecule has 0 aliphatic rings. The largest absolute Gasteiger partial charge is 1.00 e. The van der Waals surface area contributed by atoms with Gasteiger partial charge in [-0.25, -0.2) is 0 Å². The maximum Gasteiger partial charge on any atom is 1.00 e. The number of pyridine rings is 1. The molecule has 0 saturated heterocycles. The quantitative estimate of drug-likeness (QED) is 0.442. The summed E-state index contributed by atoms with van der Waals surface area (Å²) in [5.74, 6) is -2.07. The molecule has 112 valence electrons. The Hall–Kier alpha value is -1.89. The van der Waals surface area contributed by atoms with Crippen LogP contribution in [0.4, 0.5) is 0 Å². The maximum absolute atomic E-state index is 12.2. The molecule has 3 rings (SSSR count). The number of hydrogen-bond acceptors (Lipinski definition) is 5. The molecule has 0 unspecified atom stereocenters. The summed E-state index contributed by atoms with van der Waals surface area (Å²) in [5.41, 5.74) is 0.635. The van der Waals surface area contributed by atoms with Crippen LogP contribution in [0.25, 0.3) is 21.9 Å². The van der Waals surface area contributed by atoms with E-state index in [1.807, 2.05) is 6.92 Å². The second-order valence-corrected chi connectivity index (χ2v) is 5.01. The van der Waals surface area contributed by atoms with Crippen molar-refractivity contribution in [2.45, 2.75) is 19.8 Å². The van der Waals surface area contributed by atoms with E-state index in [0.717, 1.165) is 12.5 Å². The Morgan fingerprint density at radius 2 is 1.96 bits per heavy atom. The summed E-state index contributed by atoms with van der Waals surface area (Å²) in [6, 6.07) is 3.69. The first-order valence-electron chi connectivity index (χ1n) is 6.85. The van der Waals surface area contributed by atoms with E-state index < -0.39 is 17.2 Å². The number of benzene rings is 1. The zero-order chi connectivity index (χ0) is 15.9. The smallest absolute Gasteiger partial charge is 0.542 e. The first kappa shape index (κ1) is 17.5. The molecule has 2 heterocycles. The SMILES string of the molecule is CCCc1c2[nH]ccc(=O)c2cc2c(=O)cc(C(=O)[O-])oc12.[Na+]. The van der Waals surface area contributed by atoms with Crippen molar-refractivity contribution in [2.24, 2.45) is 0 Å². The van der Waals surface area contributed by atoms with Crippen molar-refractivity contribution in [3.05, 3.63) is 56.2 Å². The zero-order valence-electron chi connectivity index (χ0n) is 12.8. The Labute approximate surface area is 152 Å². The van der Waals surface area contributed by atoms with Crippen LogP contribution in [-0.2, 0) is 6.42 Å². The van der Waals surface area contributed by atoms with Gasteiger partial charge in [-0.3, -0.25) is 9.59 Å². The van der Waals surface area contributed by atoms with Crippen LogP contribution in [0.3, 0.4) is 0 Å². The standard InChI is InChI=1S/C16H13NO5.Na/c1-2-3-8-14-9(11(18)4-5-17-14)6-10-12(19)7-13(16(20)21)22-15(8)10;/h4-7H,2-3H2,1H3,(H,17,18)(H,20,21);/q;+1/p-1. The normalized spacial score (nSPS) is 10.7. The van der Waals surface area contributed by atoms with Crippen molar-refractivity contribution in [1.29, 1.82) is 0 Å². The fourth-order valence-corrected chi connectivity index (χ4v) is 2.60. The fraction of sp³-hybridized carbons (Fsp3) is 0.188. The number of rotatable bonds is 3. The molecule has 0 radical (unpaired) electrons. The van der Waals surface area contributed by atoms with Crippen LogP contribution >= 0.6 is 0 Å². The van der Waals surface area contributed by atoms with Gasteiger partial charge in [-0.05, 0) is 12.5 Å². The third kappa shape index (κ3) is 2.97. The minimum Gasteiger partial charge on any atom is -0.542 e. The summed E-state index contributed by atoms with van der Waals surface area (Å²) in [5, 5.41) is 11.6. The molecule has 0 saturated carbocycles. The Morgan fingerprint density at radius 1 is 1.22 bits per heavy atom. The number of carbonyl (C=O) groups excluding carboxylic acids is 1. The number of aromatic carboxylic acids is 1. The molecule has 0 atom stereocenters. The average Bonchev–Trinajstić information content (AvgIpc) is 2.48. The van der Waals surface area contributed by atoms with Gasteiger partial charge in [0.25, 0.3) is 0 Å². The molecule has 7 heteroatoms. The fourth-order valence-electron chi connectivity index (χ4n) is 2.60. The van der Waals surface area contributed by atoms with E-state index in [9.17, 15) is 19.5 Å². The number of carboxylic acid groups (broad SMARTS) is 1. The van der Waals surface area contributed by atoms with Crippen molar-refractivity contribution >= 4 is 27.8 Å². The van der Waals surface area contributed by atoms with Crippen LogP contribution in [0, 0.1) is 0 Å². The molecule has 0 aliphatic heterocycles. The summed E-state index contributed by atoms with van der Waals surface area (Å²) in [4.78, 5) is 38.1. The van der Waals surface area contributed by atoms with E-state index >= 15 is 0 Å². The summed E-state index contributed by atoms with van der Waals surface area (Å²) in [6.07, 6.45) is 2.79. The third-order valence-corrected chi connectivity index (χ3v) is 3.55. The first-order valence-corrected chi connectivity index (χ1v) is 6.85. The minimum absolute atomic E-state index is 0. The predicted octanol–water partition coefficient (Wildman–Crippen LogP) is -2.05. The van der Waals surface area contributed by atoms with Crippen molar-refractivity contribution in [3.8, 4) is 0 Å². The summed E-state index contributed by atoms with van der Waals surface area (Å²) < 4.78 is 5.35. The molecular formula is C16H12NNaO5. The number of H-pyrrole nitrogens is 1. The second-order valence-electron chi connectivity index (χ2n) is 5.01. The van der Waals surface area contributed by atoms with Crippen molar-refractivity contribution < 1.29 is 43.9 Å². The number of hydrogen-bond donors (Lipinski definition) is 1. The van der Waals surface area contributed by atoms with Crippen LogP contribution in [-0.4, -0.2) is 11.0 Å². The molecule has 6 nitrogen and oxygen atoms in total. The van der Waals surface area contributed by atoms with E-state index in [0.29, 0.717) is 22.9 Å². The first-order chi connectivity index (χ1) is 10.5. The van der Waals surface area contributed by atoms with Crippen LogP contribution in [0.5, 0.6) is 0 Å².